The molecular weight excluding hydrogens is 309 g/mol. The van der Waals surface area contributed by atoms with Crippen molar-refractivity contribution in [1.82, 2.24) is 4.98 Å². The van der Waals surface area contributed by atoms with Gasteiger partial charge in [-0.2, -0.15) is 0 Å². The molecule has 0 bridgehead atoms. The van der Waals surface area contributed by atoms with E-state index in [9.17, 15) is 14.3 Å². The Balaban J connectivity index is 1.95. The number of halogens is 2. The monoisotopic (exact) mass is 321 g/mol. The molecule has 114 valence electrons. The SMILES string of the molecule is O=C(O)[C@@H]1CCO[C@H]1c1cncc(-c2ccc(F)c(Cl)c2)c1. The number of pyridine rings is 1. The number of aromatic nitrogens is 1. The molecule has 1 aliphatic heterocycles. The molecule has 3 rings (SSSR count). The normalized spacial score (nSPS) is 21.0. The number of carboxylic acids is 1. The van der Waals surface area contributed by atoms with Gasteiger partial charge in [-0.25, -0.2) is 4.39 Å². The average Bonchev–Trinajstić information content (AvgIpc) is 3.00. The van der Waals surface area contributed by atoms with Crippen molar-refractivity contribution in [1.29, 1.82) is 0 Å². The Morgan fingerprint density at radius 1 is 1.32 bits per heavy atom. The highest BCUT2D eigenvalue weighted by Gasteiger charge is 2.35. The van der Waals surface area contributed by atoms with E-state index in [-0.39, 0.29) is 5.02 Å². The molecule has 2 aromatic rings. The molecule has 0 saturated carbocycles. The van der Waals surface area contributed by atoms with Gasteiger partial charge in [-0.3, -0.25) is 9.78 Å². The van der Waals surface area contributed by atoms with Crippen molar-refractivity contribution >= 4 is 17.6 Å². The van der Waals surface area contributed by atoms with E-state index in [1.807, 2.05) is 6.07 Å². The van der Waals surface area contributed by atoms with Crippen LogP contribution in [0.4, 0.5) is 4.39 Å². The molecule has 0 amide bonds. The maximum absolute atomic E-state index is 13.2. The van der Waals surface area contributed by atoms with Gasteiger partial charge in [0.15, 0.2) is 0 Å². The minimum Gasteiger partial charge on any atom is -0.481 e. The lowest BCUT2D eigenvalue weighted by Crippen LogP contribution is -2.17. The molecular formula is C16H13ClFNO3. The number of carboxylic acid groups (broad SMARTS) is 1. The van der Waals surface area contributed by atoms with Crippen LogP contribution in [0.3, 0.4) is 0 Å². The molecule has 0 unspecified atom stereocenters. The van der Waals surface area contributed by atoms with Gasteiger partial charge in [0, 0.05) is 30.1 Å². The van der Waals surface area contributed by atoms with Gasteiger partial charge in [-0.05, 0) is 30.2 Å². The lowest BCUT2D eigenvalue weighted by atomic mass is 9.95. The molecule has 22 heavy (non-hydrogen) atoms. The first-order valence-corrected chi connectivity index (χ1v) is 7.19. The number of rotatable bonds is 3. The van der Waals surface area contributed by atoms with Crippen LogP contribution in [0.2, 0.25) is 5.02 Å². The number of ether oxygens (including phenoxy) is 1. The van der Waals surface area contributed by atoms with Crippen molar-refractivity contribution in [3.05, 3.63) is 53.1 Å². The van der Waals surface area contributed by atoms with Crippen LogP contribution in [0.1, 0.15) is 18.1 Å². The second kappa shape index (κ2) is 6.02. The van der Waals surface area contributed by atoms with Crippen LogP contribution in [0.15, 0.2) is 36.7 Å². The Morgan fingerprint density at radius 2 is 2.14 bits per heavy atom. The molecule has 2 heterocycles. The molecule has 6 heteroatoms. The van der Waals surface area contributed by atoms with Crippen LogP contribution in [0.5, 0.6) is 0 Å². The molecule has 2 atom stereocenters. The first-order chi connectivity index (χ1) is 10.6. The van der Waals surface area contributed by atoms with Crippen LogP contribution in [-0.2, 0) is 9.53 Å². The zero-order valence-electron chi connectivity index (χ0n) is 11.5. The lowest BCUT2D eigenvalue weighted by Gasteiger charge is -2.16. The van der Waals surface area contributed by atoms with Gasteiger partial charge < -0.3 is 9.84 Å². The Labute approximate surface area is 131 Å². The summed E-state index contributed by atoms with van der Waals surface area (Å²) in [6, 6.07) is 6.22. The van der Waals surface area contributed by atoms with E-state index in [1.165, 1.54) is 12.1 Å². The summed E-state index contributed by atoms with van der Waals surface area (Å²) in [6.07, 6.45) is 3.19. The van der Waals surface area contributed by atoms with Crippen LogP contribution in [0, 0.1) is 11.7 Å². The van der Waals surface area contributed by atoms with E-state index in [0.717, 1.165) is 5.56 Å². The smallest absolute Gasteiger partial charge is 0.309 e. The molecule has 1 N–H and O–H groups in total. The molecule has 4 nitrogen and oxygen atoms in total. The van der Waals surface area contributed by atoms with Gasteiger partial charge in [-0.15, -0.1) is 0 Å². The van der Waals surface area contributed by atoms with E-state index in [1.54, 1.807) is 18.5 Å². The predicted molar refractivity (Wildman–Crippen MR) is 79.1 cm³/mol. The largest absolute Gasteiger partial charge is 0.481 e. The summed E-state index contributed by atoms with van der Waals surface area (Å²) in [5.41, 5.74) is 2.15. The predicted octanol–water partition coefficient (Wildman–Crippen LogP) is 3.70. The van der Waals surface area contributed by atoms with Gasteiger partial charge in [0.1, 0.15) is 5.82 Å². The zero-order chi connectivity index (χ0) is 15.7. The van der Waals surface area contributed by atoms with E-state index < -0.39 is 23.8 Å². The number of nitrogens with zero attached hydrogens (tertiary/aromatic N) is 1. The second-order valence-corrected chi connectivity index (χ2v) is 5.57. The molecule has 0 aliphatic carbocycles. The van der Waals surface area contributed by atoms with Gasteiger partial charge in [0.2, 0.25) is 0 Å². The molecule has 1 aromatic carbocycles. The molecule has 1 aromatic heterocycles. The quantitative estimate of drug-likeness (QED) is 0.936. The molecule has 0 radical (unpaired) electrons. The van der Waals surface area contributed by atoms with Crippen molar-refractivity contribution in [3.63, 3.8) is 0 Å². The van der Waals surface area contributed by atoms with Gasteiger partial charge in [0.25, 0.3) is 0 Å². The summed E-state index contributed by atoms with van der Waals surface area (Å²) in [5, 5.41) is 9.27. The maximum Gasteiger partial charge on any atom is 0.309 e. The highest BCUT2D eigenvalue weighted by molar-refractivity contribution is 6.31. The number of hydrogen-bond acceptors (Lipinski definition) is 3. The van der Waals surface area contributed by atoms with Crippen molar-refractivity contribution in [2.75, 3.05) is 6.61 Å². The minimum atomic E-state index is -0.877. The summed E-state index contributed by atoms with van der Waals surface area (Å²) >= 11 is 5.80. The van der Waals surface area contributed by atoms with E-state index in [4.69, 9.17) is 16.3 Å². The summed E-state index contributed by atoms with van der Waals surface area (Å²) in [5.74, 6) is -1.94. The summed E-state index contributed by atoms with van der Waals surface area (Å²) in [6.45, 7) is 0.411. The first kappa shape index (κ1) is 14.9. The minimum absolute atomic E-state index is 0.0310. The Morgan fingerprint density at radius 3 is 2.86 bits per heavy atom. The third kappa shape index (κ3) is 2.82. The lowest BCUT2D eigenvalue weighted by molar-refractivity contribution is -0.143. The number of aliphatic carboxylic acids is 1. The fraction of sp³-hybridized carbons (Fsp3) is 0.250. The van der Waals surface area contributed by atoms with E-state index in [2.05, 4.69) is 4.98 Å². The first-order valence-electron chi connectivity index (χ1n) is 6.81. The fourth-order valence-electron chi connectivity index (χ4n) is 2.62. The fourth-order valence-corrected chi connectivity index (χ4v) is 2.80. The molecule has 1 saturated heterocycles. The third-order valence-corrected chi connectivity index (χ3v) is 4.04. The van der Waals surface area contributed by atoms with E-state index in [0.29, 0.717) is 24.2 Å². The van der Waals surface area contributed by atoms with Crippen LogP contribution >= 0.6 is 11.6 Å². The Bertz CT molecular complexity index is 722. The standard InChI is InChI=1S/C16H13ClFNO3/c17-13-6-9(1-2-14(13)18)10-5-11(8-19-7-10)15-12(16(20)21)3-4-22-15/h1-2,5-8,12,15H,3-4H2,(H,20,21)/t12-,15+/m1/s1. The van der Waals surface area contributed by atoms with Crippen molar-refractivity contribution in [2.24, 2.45) is 5.92 Å². The highest BCUT2D eigenvalue weighted by Crippen LogP contribution is 2.36. The van der Waals surface area contributed by atoms with Crippen molar-refractivity contribution < 1.29 is 19.0 Å². The Kier molecular flexibility index (Phi) is 4.09. The number of carbonyl (C=O) groups is 1. The number of benzene rings is 1. The molecule has 1 fully saturated rings. The van der Waals surface area contributed by atoms with Crippen LogP contribution in [0.25, 0.3) is 11.1 Å². The topological polar surface area (TPSA) is 59.4 Å². The van der Waals surface area contributed by atoms with Crippen LogP contribution < -0.4 is 0 Å². The second-order valence-electron chi connectivity index (χ2n) is 5.16. The Hall–Kier alpha value is -1.98. The maximum atomic E-state index is 13.2. The van der Waals surface area contributed by atoms with Gasteiger partial charge >= 0.3 is 5.97 Å². The average molecular weight is 322 g/mol. The van der Waals surface area contributed by atoms with Crippen molar-refractivity contribution in [2.45, 2.75) is 12.5 Å². The van der Waals surface area contributed by atoms with Gasteiger partial charge in [0.05, 0.1) is 17.0 Å². The summed E-state index contributed by atoms with van der Waals surface area (Å²) in [7, 11) is 0. The van der Waals surface area contributed by atoms with E-state index >= 15 is 0 Å². The highest BCUT2D eigenvalue weighted by atomic mass is 35.5. The number of hydrogen-bond donors (Lipinski definition) is 1. The zero-order valence-corrected chi connectivity index (χ0v) is 12.3. The van der Waals surface area contributed by atoms with Crippen LogP contribution in [-0.4, -0.2) is 22.7 Å². The van der Waals surface area contributed by atoms with Gasteiger partial charge in [-0.1, -0.05) is 17.7 Å². The summed E-state index contributed by atoms with van der Waals surface area (Å²) < 4.78 is 18.8. The van der Waals surface area contributed by atoms with Crippen molar-refractivity contribution in [3.8, 4) is 11.1 Å². The molecule has 0 spiro atoms. The third-order valence-electron chi connectivity index (χ3n) is 3.75. The summed E-state index contributed by atoms with van der Waals surface area (Å²) in [4.78, 5) is 15.4. The molecule has 1 aliphatic rings.